The molecule has 0 atom stereocenters. The van der Waals surface area contributed by atoms with Crippen molar-refractivity contribution in [2.24, 2.45) is 0 Å². The topological polar surface area (TPSA) is 81.4 Å². The third-order valence-corrected chi connectivity index (χ3v) is 5.43. The van der Waals surface area contributed by atoms with Crippen LogP contribution in [0.3, 0.4) is 0 Å². The molecule has 1 aliphatic carbocycles. The van der Waals surface area contributed by atoms with E-state index in [4.69, 9.17) is 9.26 Å². The lowest BCUT2D eigenvalue weighted by atomic mass is 10.00. The van der Waals surface area contributed by atoms with Gasteiger partial charge in [0.25, 0.3) is 0 Å². The fraction of sp³-hybridized carbons (Fsp3) is 0.292. The highest BCUT2D eigenvalue weighted by atomic mass is 19.1. The van der Waals surface area contributed by atoms with Crippen LogP contribution in [0.15, 0.2) is 59.1 Å². The lowest BCUT2D eigenvalue weighted by Gasteiger charge is -2.13. The molecule has 1 fully saturated rings. The number of benzene rings is 2. The number of unbranched alkanes of at least 4 members (excludes halogenated alkanes) is 1. The molecule has 0 radical (unpaired) electrons. The Morgan fingerprint density at radius 3 is 2.58 bits per heavy atom. The molecular weight excluding hydrogens is 399 g/mol. The maximum Gasteiger partial charge on any atom is 0.338 e. The fourth-order valence-electron chi connectivity index (χ4n) is 3.35. The number of hydrogen-bond donors (Lipinski definition) is 1. The molecule has 31 heavy (non-hydrogen) atoms. The van der Waals surface area contributed by atoms with Gasteiger partial charge in [-0.15, -0.1) is 0 Å². The summed E-state index contributed by atoms with van der Waals surface area (Å²) < 4.78 is 24.5. The lowest BCUT2D eigenvalue weighted by Crippen LogP contribution is -2.28. The standard InChI is InChI=1S/C24H23FN2O4/c1-2-3-14-30-22(28)16-8-10-17(11-9-16)26-23(29)24(12-13-24)21-15-20(31-27-21)18-6-4-5-7-19(18)25/h4-11,15H,2-3,12-14H2,1H3,(H,26,29). The number of hydrogen-bond acceptors (Lipinski definition) is 5. The van der Waals surface area contributed by atoms with E-state index in [0.29, 0.717) is 42.0 Å². The Bertz CT molecular complexity index is 1090. The second kappa shape index (κ2) is 8.71. The van der Waals surface area contributed by atoms with Crippen LogP contribution in [-0.2, 0) is 14.9 Å². The second-order valence-electron chi connectivity index (χ2n) is 7.66. The average molecular weight is 422 g/mol. The zero-order valence-electron chi connectivity index (χ0n) is 17.2. The van der Waals surface area contributed by atoms with Crippen LogP contribution >= 0.6 is 0 Å². The maximum atomic E-state index is 14.0. The Morgan fingerprint density at radius 1 is 1.16 bits per heavy atom. The Hall–Kier alpha value is -3.48. The molecule has 160 valence electrons. The molecular formula is C24H23FN2O4. The third kappa shape index (κ3) is 4.35. The number of nitrogens with one attached hydrogen (secondary N) is 1. The zero-order chi connectivity index (χ0) is 21.8. The van der Waals surface area contributed by atoms with Gasteiger partial charge in [-0.1, -0.05) is 30.6 Å². The number of esters is 1. The normalized spacial score (nSPS) is 14.1. The Kier molecular flexibility index (Phi) is 5.84. The minimum absolute atomic E-state index is 0.209. The highest BCUT2D eigenvalue weighted by molar-refractivity contribution is 6.01. The van der Waals surface area contributed by atoms with Crippen LogP contribution in [0.2, 0.25) is 0 Å². The van der Waals surface area contributed by atoms with E-state index >= 15 is 0 Å². The van der Waals surface area contributed by atoms with Gasteiger partial charge < -0.3 is 14.6 Å². The first-order chi connectivity index (χ1) is 15.0. The van der Waals surface area contributed by atoms with Crippen molar-refractivity contribution in [1.82, 2.24) is 5.16 Å². The fourth-order valence-corrected chi connectivity index (χ4v) is 3.35. The molecule has 1 aromatic heterocycles. The molecule has 6 nitrogen and oxygen atoms in total. The van der Waals surface area contributed by atoms with Crippen molar-refractivity contribution in [2.75, 3.05) is 11.9 Å². The summed E-state index contributed by atoms with van der Waals surface area (Å²) in [6.07, 6.45) is 3.03. The summed E-state index contributed by atoms with van der Waals surface area (Å²) in [4.78, 5) is 24.9. The van der Waals surface area contributed by atoms with Gasteiger partial charge in [-0.3, -0.25) is 4.79 Å². The van der Waals surface area contributed by atoms with Crippen LogP contribution in [0.1, 0.15) is 48.7 Å². The summed E-state index contributed by atoms with van der Waals surface area (Å²) in [6, 6.07) is 14.5. The molecule has 0 saturated heterocycles. The van der Waals surface area contributed by atoms with Gasteiger partial charge in [0, 0.05) is 11.8 Å². The molecule has 2 aromatic carbocycles. The van der Waals surface area contributed by atoms with Crippen molar-refractivity contribution in [3.8, 4) is 11.3 Å². The Balaban J connectivity index is 1.43. The molecule has 1 aliphatic rings. The van der Waals surface area contributed by atoms with Crippen molar-refractivity contribution < 1.29 is 23.2 Å². The van der Waals surface area contributed by atoms with Crippen LogP contribution in [-0.4, -0.2) is 23.6 Å². The van der Waals surface area contributed by atoms with E-state index in [0.717, 1.165) is 12.8 Å². The number of halogens is 1. The number of ether oxygens (including phenoxy) is 1. The Morgan fingerprint density at radius 2 is 1.90 bits per heavy atom. The summed E-state index contributed by atoms with van der Waals surface area (Å²) in [5.41, 5.74) is 1.00. The van der Waals surface area contributed by atoms with Crippen molar-refractivity contribution in [2.45, 2.75) is 38.0 Å². The van der Waals surface area contributed by atoms with Gasteiger partial charge in [0.05, 0.1) is 28.8 Å². The van der Waals surface area contributed by atoms with Gasteiger partial charge >= 0.3 is 5.97 Å². The van der Waals surface area contributed by atoms with Gasteiger partial charge in [-0.25, -0.2) is 9.18 Å². The first-order valence-electron chi connectivity index (χ1n) is 10.3. The SMILES string of the molecule is CCCCOC(=O)c1ccc(NC(=O)C2(c3cc(-c4ccccc4F)on3)CC2)cc1. The largest absolute Gasteiger partial charge is 0.462 e. The molecule has 7 heteroatoms. The van der Waals surface area contributed by atoms with Crippen LogP contribution in [0.5, 0.6) is 0 Å². The first-order valence-corrected chi connectivity index (χ1v) is 10.3. The highest BCUT2D eigenvalue weighted by Gasteiger charge is 2.53. The number of aromatic nitrogens is 1. The molecule has 1 N–H and O–H groups in total. The summed E-state index contributed by atoms with van der Waals surface area (Å²) in [5.74, 6) is -0.710. The number of anilines is 1. The van der Waals surface area contributed by atoms with E-state index in [1.165, 1.54) is 6.07 Å². The Labute approximate surface area is 179 Å². The van der Waals surface area contributed by atoms with Gasteiger partial charge in [-0.05, 0) is 55.7 Å². The van der Waals surface area contributed by atoms with E-state index < -0.39 is 11.2 Å². The molecule has 0 unspecified atom stereocenters. The van der Waals surface area contributed by atoms with Crippen LogP contribution < -0.4 is 5.32 Å². The number of carbonyl (C=O) groups excluding carboxylic acids is 2. The van der Waals surface area contributed by atoms with Crippen molar-refractivity contribution in [1.29, 1.82) is 0 Å². The average Bonchev–Trinajstić information content (AvgIpc) is 3.45. The van der Waals surface area contributed by atoms with E-state index in [-0.39, 0.29) is 17.6 Å². The molecule has 4 rings (SSSR count). The maximum absolute atomic E-state index is 14.0. The van der Waals surface area contributed by atoms with Gasteiger partial charge in [0.15, 0.2) is 5.76 Å². The predicted molar refractivity (Wildman–Crippen MR) is 113 cm³/mol. The zero-order valence-corrected chi connectivity index (χ0v) is 17.2. The van der Waals surface area contributed by atoms with Crippen molar-refractivity contribution >= 4 is 17.6 Å². The number of rotatable bonds is 8. The minimum atomic E-state index is -0.787. The third-order valence-electron chi connectivity index (χ3n) is 5.43. The van der Waals surface area contributed by atoms with Crippen molar-refractivity contribution in [3.05, 3.63) is 71.7 Å². The van der Waals surface area contributed by atoms with Gasteiger partial charge in [-0.2, -0.15) is 0 Å². The van der Waals surface area contributed by atoms with Gasteiger partial charge in [0.1, 0.15) is 5.82 Å². The monoisotopic (exact) mass is 422 g/mol. The number of carbonyl (C=O) groups is 2. The molecule has 1 amide bonds. The lowest BCUT2D eigenvalue weighted by molar-refractivity contribution is -0.118. The molecule has 0 spiro atoms. The van der Waals surface area contributed by atoms with Crippen LogP contribution in [0, 0.1) is 5.82 Å². The summed E-state index contributed by atoms with van der Waals surface area (Å²) in [7, 11) is 0. The minimum Gasteiger partial charge on any atom is -0.462 e. The highest BCUT2D eigenvalue weighted by Crippen LogP contribution is 2.49. The number of nitrogens with zero attached hydrogens (tertiary/aromatic N) is 1. The van der Waals surface area contributed by atoms with Crippen LogP contribution in [0.4, 0.5) is 10.1 Å². The van der Waals surface area contributed by atoms with Crippen molar-refractivity contribution in [3.63, 3.8) is 0 Å². The van der Waals surface area contributed by atoms with E-state index in [1.54, 1.807) is 48.5 Å². The van der Waals surface area contributed by atoms with E-state index in [9.17, 15) is 14.0 Å². The quantitative estimate of drug-likeness (QED) is 0.403. The smallest absolute Gasteiger partial charge is 0.338 e. The summed E-state index contributed by atoms with van der Waals surface area (Å²) >= 11 is 0. The van der Waals surface area contributed by atoms with E-state index in [1.807, 2.05) is 6.92 Å². The number of amides is 1. The molecule has 0 aliphatic heterocycles. The second-order valence-corrected chi connectivity index (χ2v) is 7.66. The van der Waals surface area contributed by atoms with E-state index in [2.05, 4.69) is 10.5 Å². The molecule has 1 saturated carbocycles. The first kappa shape index (κ1) is 20.8. The van der Waals surface area contributed by atoms with Gasteiger partial charge in [0.2, 0.25) is 5.91 Å². The summed E-state index contributed by atoms with van der Waals surface area (Å²) in [6.45, 7) is 2.42. The molecule has 1 heterocycles. The molecule has 3 aromatic rings. The molecule has 0 bridgehead atoms. The van der Waals surface area contributed by atoms with Crippen LogP contribution in [0.25, 0.3) is 11.3 Å². The predicted octanol–water partition coefficient (Wildman–Crippen LogP) is 5.11. The summed E-state index contributed by atoms with van der Waals surface area (Å²) in [5, 5.41) is 6.91.